The summed E-state index contributed by atoms with van der Waals surface area (Å²) < 4.78 is 0. The second kappa shape index (κ2) is 15.2. The summed E-state index contributed by atoms with van der Waals surface area (Å²) in [6.45, 7) is 12.5. The molecule has 0 heterocycles. The van der Waals surface area contributed by atoms with Crippen molar-refractivity contribution in [1.29, 1.82) is 0 Å². The Hall–Kier alpha value is -1.74. The molecule has 3 nitrogen and oxygen atoms in total. The molecule has 3 aliphatic rings. The number of benzene rings is 1. The van der Waals surface area contributed by atoms with Crippen LogP contribution < -0.4 is 4.90 Å². The Kier molecular flexibility index (Phi) is 12.3. The van der Waals surface area contributed by atoms with E-state index in [1.54, 1.807) is 0 Å². The first-order valence-corrected chi connectivity index (χ1v) is 15.9. The number of hydrogen-bond donors (Lipinski definition) is 3. The lowest BCUT2D eigenvalue weighted by Crippen LogP contribution is -3.16. The summed E-state index contributed by atoms with van der Waals surface area (Å²) >= 11 is 0. The first kappa shape index (κ1) is 30.8. The van der Waals surface area contributed by atoms with E-state index in [9.17, 15) is 10.2 Å². The van der Waals surface area contributed by atoms with Crippen LogP contribution in [0.3, 0.4) is 0 Å². The Labute approximate surface area is 234 Å². The Balaban J connectivity index is 0.000000241. The molecule has 3 heteroatoms. The van der Waals surface area contributed by atoms with Crippen LogP contribution in [0.2, 0.25) is 0 Å². The number of allylic oxidation sites excluding steroid dienone is 3. The number of phenolic OH excluding ortho intramolecular Hbond substituents is 2. The van der Waals surface area contributed by atoms with E-state index in [4.69, 9.17) is 0 Å². The topological polar surface area (TPSA) is 44.9 Å². The van der Waals surface area contributed by atoms with Crippen LogP contribution in [0.15, 0.2) is 29.9 Å². The molecule has 214 valence electrons. The standard InChI is InChI=1S/C22H32O2.C13H25N/c1-6-7-8-9-17-13-20(23)21(22(24)16(17)5)19-12-15(4)10-11-18(19)14(2)3;1-14(12-8-4-2-5-9-12)13-10-6-3-7-11-13/h12-13,18-19,23-24H,2,6-11H2,1,3-5H3;12-13H,2-11H2,1H3/p+1/t18-,19+;/m0./s1. The fourth-order valence-corrected chi connectivity index (χ4v) is 7.34. The van der Waals surface area contributed by atoms with E-state index in [0.717, 1.165) is 54.5 Å². The van der Waals surface area contributed by atoms with Gasteiger partial charge in [0.2, 0.25) is 0 Å². The van der Waals surface area contributed by atoms with E-state index in [2.05, 4.69) is 33.6 Å². The van der Waals surface area contributed by atoms with Crippen LogP contribution >= 0.6 is 0 Å². The number of quaternary nitrogens is 1. The highest BCUT2D eigenvalue weighted by Crippen LogP contribution is 2.47. The van der Waals surface area contributed by atoms with Crippen LogP contribution in [-0.4, -0.2) is 29.3 Å². The average molecular weight is 525 g/mol. The second-order valence-electron chi connectivity index (χ2n) is 12.8. The quantitative estimate of drug-likeness (QED) is 0.236. The SMILES string of the molecule is C=C(C)[C@@H]1CCC(C)=C[C@H]1c1c(O)cc(CCCCC)c(C)c1O.C[NH+](C1CCCCC1)C1CCCCC1. The minimum Gasteiger partial charge on any atom is -0.507 e. The number of aromatic hydroxyl groups is 2. The summed E-state index contributed by atoms with van der Waals surface area (Å²) in [6, 6.07) is 3.88. The fourth-order valence-electron chi connectivity index (χ4n) is 7.34. The van der Waals surface area contributed by atoms with Crippen molar-refractivity contribution in [3.05, 3.63) is 46.6 Å². The molecule has 0 aliphatic heterocycles. The third-order valence-corrected chi connectivity index (χ3v) is 9.94. The van der Waals surface area contributed by atoms with Gasteiger partial charge in [0.05, 0.1) is 19.1 Å². The van der Waals surface area contributed by atoms with Crippen LogP contribution in [0, 0.1) is 12.8 Å². The molecule has 2 saturated carbocycles. The third kappa shape index (κ3) is 8.13. The Morgan fingerprint density at radius 2 is 1.50 bits per heavy atom. The van der Waals surface area contributed by atoms with E-state index in [1.807, 2.05) is 24.8 Å². The third-order valence-electron chi connectivity index (χ3n) is 9.94. The predicted octanol–water partition coefficient (Wildman–Crippen LogP) is 8.32. The Morgan fingerprint density at radius 1 is 0.921 bits per heavy atom. The van der Waals surface area contributed by atoms with Crippen LogP contribution in [0.1, 0.15) is 140 Å². The first-order chi connectivity index (χ1) is 18.2. The average Bonchev–Trinajstić information content (AvgIpc) is 2.92. The molecule has 0 bridgehead atoms. The zero-order chi connectivity index (χ0) is 27.7. The molecule has 38 heavy (non-hydrogen) atoms. The molecular weight excluding hydrogens is 466 g/mol. The monoisotopic (exact) mass is 524 g/mol. The zero-order valence-corrected chi connectivity index (χ0v) is 25.4. The molecule has 3 N–H and O–H groups in total. The maximum absolute atomic E-state index is 10.8. The van der Waals surface area contributed by atoms with Gasteiger partial charge < -0.3 is 15.1 Å². The van der Waals surface area contributed by atoms with Gasteiger partial charge in [-0.1, -0.05) is 56.4 Å². The predicted molar refractivity (Wildman–Crippen MR) is 162 cm³/mol. The van der Waals surface area contributed by atoms with Gasteiger partial charge in [-0.15, -0.1) is 0 Å². The van der Waals surface area contributed by atoms with E-state index in [-0.39, 0.29) is 23.3 Å². The molecule has 2 atom stereocenters. The van der Waals surface area contributed by atoms with Crippen molar-refractivity contribution in [1.82, 2.24) is 0 Å². The van der Waals surface area contributed by atoms with Gasteiger partial charge in [0.25, 0.3) is 0 Å². The van der Waals surface area contributed by atoms with Crippen LogP contribution in [0.5, 0.6) is 11.5 Å². The number of rotatable bonds is 8. The maximum atomic E-state index is 10.8. The van der Waals surface area contributed by atoms with Gasteiger partial charge >= 0.3 is 0 Å². The smallest absolute Gasteiger partial charge is 0.126 e. The molecule has 1 aromatic carbocycles. The molecule has 3 aliphatic carbocycles. The van der Waals surface area contributed by atoms with Crippen molar-refractivity contribution in [2.75, 3.05) is 7.05 Å². The van der Waals surface area contributed by atoms with Crippen molar-refractivity contribution in [2.45, 2.75) is 148 Å². The summed E-state index contributed by atoms with van der Waals surface area (Å²) in [5, 5.41) is 21.5. The van der Waals surface area contributed by atoms with Gasteiger partial charge in [-0.25, -0.2) is 0 Å². The summed E-state index contributed by atoms with van der Waals surface area (Å²) in [4.78, 5) is 1.88. The van der Waals surface area contributed by atoms with Crippen molar-refractivity contribution in [3.8, 4) is 11.5 Å². The normalized spacial score (nSPS) is 23.1. The minimum atomic E-state index is 0.0136. The molecule has 1 aromatic rings. The first-order valence-electron chi connectivity index (χ1n) is 15.9. The minimum absolute atomic E-state index is 0.0136. The number of aryl methyl sites for hydroxylation is 1. The highest BCUT2D eigenvalue weighted by atomic mass is 16.3. The summed E-state index contributed by atoms with van der Waals surface area (Å²) in [6.07, 6.45) is 23.6. The maximum Gasteiger partial charge on any atom is 0.126 e. The van der Waals surface area contributed by atoms with Crippen molar-refractivity contribution in [2.24, 2.45) is 5.92 Å². The molecule has 0 radical (unpaired) electrons. The van der Waals surface area contributed by atoms with Gasteiger partial charge in [0.1, 0.15) is 11.5 Å². The van der Waals surface area contributed by atoms with Gasteiger partial charge in [-0.05, 0) is 121 Å². The second-order valence-corrected chi connectivity index (χ2v) is 12.8. The number of phenols is 2. The van der Waals surface area contributed by atoms with Crippen molar-refractivity contribution in [3.63, 3.8) is 0 Å². The summed E-state index contributed by atoms with van der Waals surface area (Å²) in [7, 11) is 2.46. The van der Waals surface area contributed by atoms with Crippen LogP contribution in [-0.2, 0) is 6.42 Å². The largest absolute Gasteiger partial charge is 0.507 e. The lowest BCUT2D eigenvalue weighted by atomic mass is 9.73. The van der Waals surface area contributed by atoms with E-state index >= 15 is 0 Å². The number of unbranched alkanes of at least 4 members (excludes halogenated alkanes) is 2. The van der Waals surface area contributed by atoms with Crippen LogP contribution in [0.25, 0.3) is 0 Å². The molecule has 0 spiro atoms. The Bertz CT molecular complexity index is 902. The molecule has 0 saturated heterocycles. The van der Waals surface area contributed by atoms with Gasteiger partial charge in [-0.3, -0.25) is 0 Å². The van der Waals surface area contributed by atoms with Crippen molar-refractivity contribution < 1.29 is 15.1 Å². The molecular formula is C35H58NO2+. The molecule has 2 fully saturated rings. The highest BCUT2D eigenvalue weighted by molar-refractivity contribution is 5.56. The van der Waals surface area contributed by atoms with E-state index in [0.29, 0.717) is 5.56 Å². The zero-order valence-electron chi connectivity index (χ0n) is 25.4. The van der Waals surface area contributed by atoms with Gasteiger partial charge in [0.15, 0.2) is 0 Å². The van der Waals surface area contributed by atoms with Gasteiger partial charge in [0, 0.05) is 11.5 Å². The molecule has 0 unspecified atom stereocenters. The van der Waals surface area contributed by atoms with Crippen LogP contribution in [0.4, 0.5) is 0 Å². The van der Waals surface area contributed by atoms with E-state index < -0.39 is 0 Å². The number of hydrogen-bond acceptors (Lipinski definition) is 2. The molecule has 0 aromatic heterocycles. The van der Waals surface area contributed by atoms with Gasteiger partial charge in [-0.2, -0.15) is 0 Å². The van der Waals surface area contributed by atoms with Crippen molar-refractivity contribution >= 4 is 0 Å². The Morgan fingerprint density at radius 3 is 2.03 bits per heavy atom. The summed E-state index contributed by atoms with van der Waals surface area (Å²) in [5.41, 5.74) is 5.09. The van der Waals surface area contributed by atoms with E-state index in [1.165, 1.54) is 82.6 Å². The highest BCUT2D eigenvalue weighted by Gasteiger charge is 2.31. The molecule has 0 amide bonds. The lowest BCUT2D eigenvalue weighted by Gasteiger charge is -2.36. The molecule has 4 rings (SSSR count). The summed E-state index contributed by atoms with van der Waals surface area (Å²) in [5.74, 6) is 0.783. The fraction of sp³-hybridized carbons (Fsp3) is 0.714. The lowest BCUT2D eigenvalue weighted by molar-refractivity contribution is -0.933. The number of nitrogens with one attached hydrogen (secondary N) is 1.